The standard InChI is InChI=1S/C12H13N3O/c1-2-3-11-13-6-7-15(11)12-5-4-10(9-16)8-14-12/h4-9H,2-3H2,1H3. The predicted molar refractivity (Wildman–Crippen MR) is 60.7 cm³/mol. The van der Waals surface area contributed by atoms with Crippen LogP contribution in [-0.2, 0) is 6.42 Å². The molecule has 0 amide bonds. The number of hydrogen-bond donors (Lipinski definition) is 0. The van der Waals surface area contributed by atoms with Crippen molar-refractivity contribution >= 4 is 6.29 Å². The summed E-state index contributed by atoms with van der Waals surface area (Å²) in [6, 6.07) is 3.58. The number of nitrogens with zero attached hydrogens (tertiary/aromatic N) is 3. The molecule has 4 heteroatoms. The second-order valence-corrected chi connectivity index (χ2v) is 3.53. The van der Waals surface area contributed by atoms with Gasteiger partial charge in [0.15, 0.2) is 6.29 Å². The van der Waals surface area contributed by atoms with Crippen molar-refractivity contribution in [3.05, 3.63) is 42.1 Å². The molecule has 0 atom stereocenters. The Morgan fingerprint density at radius 1 is 1.38 bits per heavy atom. The van der Waals surface area contributed by atoms with Crippen molar-refractivity contribution in [2.24, 2.45) is 0 Å². The molecule has 0 bridgehead atoms. The van der Waals surface area contributed by atoms with Crippen LogP contribution in [0.1, 0.15) is 29.5 Å². The minimum atomic E-state index is 0.584. The monoisotopic (exact) mass is 215 g/mol. The van der Waals surface area contributed by atoms with Gasteiger partial charge in [0.2, 0.25) is 0 Å². The van der Waals surface area contributed by atoms with Crippen LogP contribution in [0.15, 0.2) is 30.7 Å². The van der Waals surface area contributed by atoms with Crippen LogP contribution >= 0.6 is 0 Å². The fraction of sp³-hybridized carbons (Fsp3) is 0.250. The average molecular weight is 215 g/mol. The lowest BCUT2D eigenvalue weighted by molar-refractivity contribution is 0.112. The zero-order valence-corrected chi connectivity index (χ0v) is 9.13. The largest absolute Gasteiger partial charge is 0.298 e. The molecule has 4 nitrogen and oxygen atoms in total. The number of carbonyl (C=O) groups excluding carboxylic acids is 1. The van der Waals surface area contributed by atoms with E-state index in [2.05, 4.69) is 16.9 Å². The van der Waals surface area contributed by atoms with E-state index in [-0.39, 0.29) is 0 Å². The molecule has 2 heterocycles. The Balaban J connectivity index is 2.34. The van der Waals surface area contributed by atoms with Crippen molar-refractivity contribution in [1.29, 1.82) is 0 Å². The lowest BCUT2D eigenvalue weighted by atomic mass is 10.3. The summed E-state index contributed by atoms with van der Waals surface area (Å²) < 4.78 is 1.94. The van der Waals surface area contributed by atoms with E-state index in [0.29, 0.717) is 5.56 Å². The van der Waals surface area contributed by atoms with Crippen LogP contribution in [0.3, 0.4) is 0 Å². The van der Waals surface area contributed by atoms with Gasteiger partial charge < -0.3 is 0 Å². The van der Waals surface area contributed by atoms with Crippen molar-refractivity contribution in [3.63, 3.8) is 0 Å². The molecule has 0 aliphatic heterocycles. The number of aromatic nitrogens is 3. The molecule has 16 heavy (non-hydrogen) atoms. The smallest absolute Gasteiger partial charge is 0.151 e. The van der Waals surface area contributed by atoms with Gasteiger partial charge in [-0.15, -0.1) is 0 Å². The molecule has 0 radical (unpaired) electrons. The van der Waals surface area contributed by atoms with E-state index in [1.165, 1.54) is 0 Å². The summed E-state index contributed by atoms with van der Waals surface area (Å²) in [4.78, 5) is 19.0. The van der Waals surface area contributed by atoms with Crippen molar-refractivity contribution in [3.8, 4) is 5.82 Å². The number of imidazole rings is 1. The Hall–Kier alpha value is -1.97. The number of aldehydes is 1. The Labute approximate surface area is 94.0 Å². The zero-order valence-electron chi connectivity index (χ0n) is 9.13. The summed E-state index contributed by atoms with van der Waals surface area (Å²) in [7, 11) is 0. The fourth-order valence-corrected chi connectivity index (χ4v) is 1.56. The van der Waals surface area contributed by atoms with E-state index in [0.717, 1.165) is 30.8 Å². The van der Waals surface area contributed by atoms with Crippen LogP contribution in [-0.4, -0.2) is 20.8 Å². The number of aryl methyl sites for hydroxylation is 1. The van der Waals surface area contributed by atoms with Crippen molar-refractivity contribution in [1.82, 2.24) is 14.5 Å². The van der Waals surface area contributed by atoms with E-state index < -0.39 is 0 Å². The Bertz CT molecular complexity index is 473. The van der Waals surface area contributed by atoms with Gasteiger partial charge in [0.1, 0.15) is 11.6 Å². The van der Waals surface area contributed by atoms with Crippen LogP contribution in [0, 0.1) is 0 Å². The molecule has 0 aliphatic rings. The van der Waals surface area contributed by atoms with Crippen LogP contribution in [0.25, 0.3) is 5.82 Å². The second kappa shape index (κ2) is 4.70. The molecule has 0 fully saturated rings. The predicted octanol–water partition coefficient (Wildman–Crippen LogP) is 2.03. The Morgan fingerprint density at radius 2 is 2.25 bits per heavy atom. The molecule has 0 aliphatic carbocycles. The van der Waals surface area contributed by atoms with Crippen LogP contribution < -0.4 is 0 Å². The third-order valence-electron chi connectivity index (χ3n) is 2.34. The van der Waals surface area contributed by atoms with Gasteiger partial charge in [-0.3, -0.25) is 9.36 Å². The number of carbonyl (C=O) groups is 1. The SMILES string of the molecule is CCCc1nccn1-c1ccc(C=O)cn1. The van der Waals surface area contributed by atoms with E-state index in [1.54, 1.807) is 18.5 Å². The molecule has 2 rings (SSSR count). The van der Waals surface area contributed by atoms with Gasteiger partial charge in [0.05, 0.1) is 0 Å². The first kappa shape index (κ1) is 10.5. The minimum absolute atomic E-state index is 0.584. The highest BCUT2D eigenvalue weighted by Crippen LogP contribution is 2.09. The van der Waals surface area contributed by atoms with Gasteiger partial charge in [0.25, 0.3) is 0 Å². The van der Waals surface area contributed by atoms with Gasteiger partial charge in [0, 0.05) is 30.6 Å². The third kappa shape index (κ3) is 2.00. The normalized spacial score (nSPS) is 10.3. The summed E-state index contributed by atoms with van der Waals surface area (Å²) in [5, 5.41) is 0. The quantitative estimate of drug-likeness (QED) is 0.733. The first-order valence-electron chi connectivity index (χ1n) is 5.29. The first-order chi connectivity index (χ1) is 7.85. The fourth-order valence-electron chi connectivity index (χ4n) is 1.56. The minimum Gasteiger partial charge on any atom is -0.298 e. The first-order valence-corrected chi connectivity index (χ1v) is 5.29. The molecule has 0 N–H and O–H groups in total. The highest BCUT2D eigenvalue weighted by atomic mass is 16.1. The molecule has 2 aromatic heterocycles. The summed E-state index contributed by atoms with van der Waals surface area (Å²) >= 11 is 0. The summed E-state index contributed by atoms with van der Waals surface area (Å²) in [5.74, 6) is 1.79. The summed E-state index contributed by atoms with van der Waals surface area (Å²) in [6.07, 6.45) is 7.97. The lowest BCUT2D eigenvalue weighted by Gasteiger charge is -2.05. The van der Waals surface area contributed by atoms with E-state index in [9.17, 15) is 4.79 Å². The van der Waals surface area contributed by atoms with Gasteiger partial charge >= 0.3 is 0 Å². The maximum Gasteiger partial charge on any atom is 0.151 e. The van der Waals surface area contributed by atoms with Crippen LogP contribution in [0.2, 0.25) is 0 Å². The van der Waals surface area contributed by atoms with Gasteiger partial charge in [-0.1, -0.05) is 6.92 Å². The molecular formula is C12H13N3O. The number of pyridine rings is 1. The average Bonchev–Trinajstić information content (AvgIpc) is 2.78. The molecular weight excluding hydrogens is 202 g/mol. The van der Waals surface area contributed by atoms with Crippen LogP contribution in [0.4, 0.5) is 0 Å². The highest BCUT2D eigenvalue weighted by molar-refractivity contribution is 5.74. The molecule has 0 saturated carbocycles. The highest BCUT2D eigenvalue weighted by Gasteiger charge is 2.04. The van der Waals surface area contributed by atoms with Crippen molar-refractivity contribution in [2.45, 2.75) is 19.8 Å². The topological polar surface area (TPSA) is 47.8 Å². The van der Waals surface area contributed by atoms with Gasteiger partial charge in [-0.2, -0.15) is 0 Å². The summed E-state index contributed by atoms with van der Waals surface area (Å²) in [6.45, 7) is 2.11. The lowest BCUT2D eigenvalue weighted by Crippen LogP contribution is -2.02. The van der Waals surface area contributed by atoms with Gasteiger partial charge in [-0.05, 0) is 18.6 Å². The Morgan fingerprint density at radius 3 is 2.88 bits per heavy atom. The second-order valence-electron chi connectivity index (χ2n) is 3.53. The number of rotatable bonds is 4. The van der Waals surface area contributed by atoms with E-state index in [4.69, 9.17) is 0 Å². The maximum absolute atomic E-state index is 10.5. The van der Waals surface area contributed by atoms with Crippen molar-refractivity contribution < 1.29 is 4.79 Å². The third-order valence-corrected chi connectivity index (χ3v) is 2.34. The Kier molecular flexibility index (Phi) is 3.10. The zero-order chi connectivity index (χ0) is 11.4. The van der Waals surface area contributed by atoms with E-state index >= 15 is 0 Å². The molecule has 0 spiro atoms. The molecule has 82 valence electrons. The molecule has 2 aromatic rings. The maximum atomic E-state index is 10.5. The molecule has 0 saturated heterocycles. The van der Waals surface area contributed by atoms with E-state index in [1.807, 2.05) is 16.8 Å². The molecule has 0 aromatic carbocycles. The van der Waals surface area contributed by atoms with Gasteiger partial charge in [-0.25, -0.2) is 9.97 Å². The number of hydrogen-bond acceptors (Lipinski definition) is 3. The van der Waals surface area contributed by atoms with Crippen LogP contribution in [0.5, 0.6) is 0 Å². The van der Waals surface area contributed by atoms with Crippen molar-refractivity contribution in [2.75, 3.05) is 0 Å². The summed E-state index contributed by atoms with van der Waals surface area (Å²) in [5.41, 5.74) is 0.584. The molecule has 0 unspecified atom stereocenters.